The highest BCUT2D eigenvalue weighted by atomic mass is 35.5. The first kappa shape index (κ1) is 36.8. The molecule has 0 spiro atoms. The van der Waals surface area contributed by atoms with Gasteiger partial charge in [0.2, 0.25) is 17.9 Å². The number of aliphatic imine (C=N–C) groups is 4. The average Bonchev–Trinajstić information content (AvgIpc) is 2.92. The molecule has 1 aliphatic rings. The van der Waals surface area contributed by atoms with Gasteiger partial charge in [-0.05, 0) is 37.1 Å². The fraction of sp³-hybridized carbons (Fsp3) is 0.385. The zero-order chi connectivity index (χ0) is 31.4. The second kappa shape index (κ2) is 17.7. The van der Waals surface area contributed by atoms with Crippen molar-refractivity contribution in [2.24, 2.45) is 48.6 Å². The summed E-state index contributed by atoms with van der Waals surface area (Å²) in [5.74, 6) is -9.50. The number of benzene rings is 2. The Morgan fingerprint density at radius 2 is 1.35 bits per heavy atom. The third kappa shape index (κ3) is 10.9. The van der Waals surface area contributed by atoms with Crippen molar-refractivity contribution in [2.45, 2.75) is 64.5 Å². The Hall–Kier alpha value is -4.21. The zero-order valence-electron chi connectivity index (χ0n) is 23.3. The zero-order valence-corrected chi connectivity index (χ0v) is 24.2. The number of rotatable bonds is 10. The van der Waals surface area contributed by atoms with Crippen molar-refractivity contribution in [3.8, 4) is 0 Å². The first-order valence-corrected chi connectivity index (χ1v) is 13.0. The molecule has 1 heterocycles. The molecule has 238 valence electrons. The van der Waals surface area contributed by atoms with E-state index in [1.807, 2.05) is 0 Å². The first-order chi connectivity index (χ1) is 19.9. The number of anilines is 1. The van der Waals surface area contributed by atoms with Gasteiger partial charge < -0.3 is 28.7 Å². The van der Waals surface area contributed by atoms with Gasteiger partial charge in [-0.25, -0.2) is 36.3 Å². The fourth-order valence-electron chi connectivity index (χ4n) is 3.91. The molecule has 0 amide bonds. The van der Waals surface area contributed by atoms with Crippen molar-refractivity contribution in [3.05, 3.63) is 59.2 Å². The monoisotopic (exact) mass is 636 g/mol. The smallest absolute Gasteiger partial charge is 0.223 e. The van der Waals surface area contributed by atoms with Crippen LogP contribution < -0.4 is 33.6 Å². The molecule has 0 aromatic heterocycles. The van der Waals surface area contributed by atoms with Crippen LogP contribution in [0.4, 0.5) is 37.7 Å². The maximum Gasteiger partial charge on any atom is 0.223 e. The highest BCUT2D eigenvalue weighted by Gasteiger charge is 2.29. The quantitative estimate of drug-likeness (QED) is 0.0823. The van der Waals surface area contributed by atoms with Crippen LogP contribution in [0.1, 0.15) is 58.3 Å². The predicted molar refractivity (Wildman–Crippen MR) is 159 cm³/mol. The lowest BCUT2D eigenvalue weighted by Gasteiger charge is -2.32. The Balaban J connectivity index is 0.000000469. The van der Waals surface area contributed by atoms with Crippen LogP contribution in [0.5, 0.6) is 0 Å². The number of halogens is 7. The Morgan fingerprint density at radius 1 is 0.791 bits per heavy atom. The Morgan fingerprint density at radius 3 is 1.95 bits per heavy atom. The molecular formula is C26H35ClF6N10. The summed E-state index contributed by atoms with van der Waals surface area (Å²) in [6, 6.07) is 3.60. The van der Waals surface area contributed by atoms with Gasteiger partial charge in [-0.3, -0.25) is 4.90 Å². The van der Waals surface area contributed by atoms with E-state index in [2.05, 4.69) is 26.9 Å². The van der Waals surface area contributed by atoms with Gasteiger partial charge in [0.25, 0.3) is 0 Å². The van der Waals surface area contributed by atoms with Crippen LogP contribution in [0.2, 0.25) is 0 Å². The number of unbranched alkanes of at least 4 members (excludes halogenated alkanes) is 6. The fourth-order valence-corrected chi connectivity index (χ4v) is 3.91. The van der Waals surface area contributed by atoms with Crippen molar-refractivity contribution < 1.29 is 26.3 Å². The molecule has 0 radical (unpaired) electrons. The van der Waals surface area contributed by atoms with Gasteiger partial charge in [-0.1, -0.05) is 45.4 Å². The normalized spacial score (nSPS) is 14.6. The molecule has 3 rings (SSSR count). The van der Waals surface area contributed by atoms with Crippen LogP contribution in [0.25, 0.3) is 0 Å². The minimum atomic E-state index is -1.64. The van der Waals surface area contributed by atoms with Crippen LogP contribution in [-0.2, 0) is 0 Å². The number of nitrogens with two attached hydrogens (primary N) is 5. The summed E-state index contributed by atoms with van der Waals surface area (Å²) in [4.78, 5) is 15.9. The van der Waals surface area contributed by atoms with Gasteiger partial charge in [0, 0.05) is 0 Å². The predicted octanol–water partition coefficient (Wildman–Crippen LogP) is 4.77. The summed E-state index contributed by atoms with van der Waals surface area (Å²) >= 11 is 0. The average molecular weight is 637 g/mol. The molecule has 0 fully saturated rings. The first-order valence-electron chi connectivity index (χ1n) is 13.0. The molecule has 1 unspecified atom stereocenters. The molecule has 1 atom stereocenters. The molecule has 2 aromatic rings. The Labute approximate surface area is 251 Å². The van der Waals surface area contributed by atoms with Crippen LogP contribution in [-0.4, -0.2) is 30.0 Å². The van der Waals surface area contributed by atoms with Gasteiger partial charge in [0.05, 0.1) is 5.69 Å². The van der Waals surface area contributed by atoms with Gasteiger partial charge in [-0.2, -0.15) is 9.98 Å². The second-order valence-electron chi connectivity index (χ2n) is 9.11. The van der Waals surface area contributed by atoms with Gasteiger partial charge >= 0.3 is 0 Å². The molecule has 0 aliphatic carbocycles. The van der Waals surface area contributed by atoms with E-state index >= 15 is 0 Å². The molecule has 0 bridgehead atoms. The summed E-state index contributed by atoms with van der Waals surface area (Å²) in [6.07, 6.45) is 7.73. The SMILES string of the molecule is CCCCCCCCCC1N=C(N)N=C(N)N1c1ccc(F)c(F)c1F.Cl.NC(N)=NC(N)=Nc1ccc(F)c(F)c1F. The maximum absolute atomic E-state index is 14.2. The summed E-state index contributed by atoms with van der Waals surface area (Å²) < 4.78 is 79.4. The van der Waals surface area contributed by atoms with Crippen molar-refractivity contribution in [1.29, 1.82) is 0 Å². The van der Waals surface area contributed by atoms with E-state index < -0.39 is 52.7 Å². The highest BCUT2D eigenvalue weighted by Crippen LogP contribution is 2.28. The van der Waals surface area contributed by atoms with Crippen molar-refractivity contribution in [3.63, 3.8) is 0 Å². The molecule has 10 nitrogen and oxygen atoms in total. The van der Waals surface area contributed by atoms with E-state index in [1.165, 1.54) is 30.6 Å². The van der Waals surface area contributed by atoms with E-state index in [1.54, 1.807) is 0 Å². The van der Waals surface area contributed by atoms with E-state index in [4.69, 9.17) is 28.7 Å². The lowest BCUT2D eigenvalue weighted by Crippen LogP contribution is -2.49. The lowest BCUT2D eigenvalue weighted by atomic mass is 10.1. The molecular weight excluding hydrogens is 602 g/mol. The number of guanidine groups is 4. The van der Waals surface area contributed by atoms with Gasteiger partial charge in [0.15, 0.2) is 40.9 Å². The maximum atomic E-state index is 14.2. The van der Waals surface area contributed by atoms with Gasteiger partial charge in [0.1, 0.15) is 11.9 Å². The van der Waals surface area contributed by atoms with Crippen LogP contribution in [0, 0.1) is 34.9 Å². The molecule has 2 aromatic carbocycles. The highest BCUT2D eigenvalue weighted by molar-refractivity contribution is 6.04. The van der Waals surface area contributed by atoms with Crippen molar-refractivity contribution in [1.82, 2.24) is 0 Å². The Bertz CT molecular complexity index is 1350. The van der Waals surface area contributed by atoms with E-state index in [0.717, 1.165) is 37.5 Å². The summed E-state index contributed by atoms with van der Waals surface area (Å²) in [5, 5.41) is 0. The second-order valence-corrected chi connectivity index (χ2v) is 9.11. The number of hydrogen-bond donors (Lipinski definition) is 5. The summed E-state index contributed by atoms with van der Waals surface area (Å²) in [7, 11) is 0. The summed E-state index contributed by atoms with van der Waals surface area (Å²) in [5.41, 5.74) is 26.0. The molecule has 10 N–H and O–H groups in total. The largest absolute Gasteiger partial charge is 0.370 e. The van der Waals surface area contributed by atoms with E-state index in [0.29, 0.717) is 12.5 Å². The minimum absolute atomic E-state index is 0. The lowest BCUT2D eigenvalue weighted by molar-refractivity contribution is 0.444. The molecule has 0 saturated carbocycles. The minimum Gasteiger partial charge on any atom is -0.370 e. The molecule has 0 saturated heterocycles. The standard InChI is InChI=1S/C18H26F3N5.C8H8F3N5.ClH/c1-2-3-4-5-6-7-8-9-14-24-17(22)25-18(23)26(14)13-11-10-12(19)15(20)16(13)21;9-3-1-2-4(6(11)5(3)10)15-8(14)16-7(12)13;/h10-11,14H,2-9H2,1H3,(H4,22,23,24,25);1-2H,(H6,12,13,14,15,16);1H. The third-order valence-electron chi connectivity index (χ3n) is 5.89. The summed E-state index contributed by atoms with van der Waals surface area (Å²) in [6.45, 7) is 2.17. The van der Waals surface area contributed by atoms with E-state index in [-0.39, 0.29) is 36.0 Å². The van der Waals surface area contributed by atoms with E-state index in [9.17, 15) is 26.3 Å². The van der Waals surface area contributed by atoms with Crippen LogP contribution in [0.3, 0.4) is 0 Å². The van der Waals surface area contributed by atoms with Gasteiger partial charge in [-0.15, -0.1) is 12.4 Å². The third-order valence-corrected chi connectivity index (χ3v) is 5.89. The van der Waals surface area contributed by atoms with Crippen LogP contribution in [0.15, 0.2) is 44.2 Å². The van der Waals surface area contributed by atoms with Crippen LogP contribution >= 0.6 is 12.4 Å². The van der Waals surface area contributed by atoms with Crippen molar-refractivity contribution >= 4 is 47.6 Å². The molecule has 17 heteroatoms. The topological polar surface area (TPSA) is 183 Å². The number of nitrogens with zero attached hydrogens (tertiary/aromatic N) is 5. The molecule has 1 aliphatic heterocycles. The number of hydrogen-bond acceptors (Lipinski definition) is 6. The Kier molecular flexibility index (Phi) is 15.1. The molecule has 43 heavy (non-hydrogen) atoms. The van der Waals surface area contributed by atoms with Crippen molar-refractivity contribution in [2.75, 3.05) is 4.90 Å².